The molecule has 1 amide bonds. The van der Waals surface area contributed by atoms with E-state index in [4.69, 9.17) is 14.6 Å². The minimum Gasteiger partial charge on any atom is -0.496 e. The summed E-state index contributed by atoms with van der Waals surface area (Å²) in [5.41, 5.74) is -0.360. The molecule has 2 N–H and O–H groups in total. The van der Waals surface area contributed by atoms with Gasteiger partial charge in [-0.1, -0.05) is 0 Å². The quantitative estimate of drug-likeness (QED) is 0.556. The van der Waals surface area contributed by atoms with E-state index in [9.17, 15) is 19.7 Å². The molecule has 21 heavy (non-hydrogen) atoms. The van der Waals surface area contributed by atoms with Crippen molar-refractivity contribution in [1.82, 2.24) is 5.32 Å². The number of hydrogen-bond acceptors (Lipinski definition) is 6. The molecule has 1 unspecified atom stereocenters. The summed E-state index contributed by atoms with van der Waals surface area (Å²) in [5, 5.41) is 22.0. The lowest BCUT2D eigenvalue weighted by molar-refractivity contribution is -0.386. The van der Waals surface area contributed by atoms with E-state index in [1.807, 2.05) is 0 Å². The first kappa shape index (κ1) is 16.2. The van der Waals surface area contributed by atoms with Gasteiger partial charge in [-0.05, 0) is 12.1 Å². The molecule has 0 spiro atoms. The normalized spacial score (nSPS) is 11.3. The van der Waals surface area contributed by atoms with Gasteiger partial charge in [0.15, 0.2) is 11.8 Å². The zero-order valence-corrected chi connectivity index (χ0v) is 11.4. The molecule has 114 valence electrons. The molecule has 0 bridgehead atoms. The maximum atomic E-state index is 10.9. The van der Waals surface area contributed by atoms with Crippen molar-refractivity contribution in [3.8, 4) is 11.5 Å². The van der Waals surface area contributed by atoms with Crippen molar-refractivity contribution in [3.05, 3.63) is 28.3 Å². The molecule has 0 aliphatic carbocycles. The standard InChI is InChI=1S/C12H14N2O7/c1-7(15)13-9(12(16)17)6-21-11-4-3-8(20-2)5-10(11)14(18)19/h3-5,9H,6H2,1-2H3,(H,13,15)(H,16,17). The van der Waals surface area contributed by atoms with E-state index in [1.54, 1.807) is 0 Å². The van der Waals surface area contributed by atoms with Gasteiger partial charge in [0.1, 0.15) is 12.4 Å². The average molecular weight is 298 g/mol. The van der Waals surface area contributed by atoms with Crippen molar-refractivity contribution in [2.75, 3.05) is 13.7 Å². The molecule has 0 aliphatic heterocycles. The summed E-state index contributed by atoms with van der Waals surface area (Å²) >= 11 is 0. The van der Waals surface area contributed by atoms with Crippen LogP contribution in [0.5, 0.6) is 11.5 Å². The van der Waals surface area contributed by atoms with Gasteiger partial charge in [-0.2, -0.15) is 0 Å². The van der Waals surface area contributed by atoms with Crippen molar-refractivity contribution in [1.29, 1.82) is 0 Å². The fraction of sp³-hybridized carbons (Fsp3) is 0.333. The monoisotopic (exact) mass is 298 g/mol. The topological polar surface area (TPSA) is 128 Å². The Bertz CT molecular complexity index is 559. The molecular formula is C12H14N2O7. The minimum atomic E-state index is -1.30. The molecule has 9 heteroatoms. The van der Waals surface area contributed by atoms with E-state index in [1.165, 1.54) is 19.2 Å². The van der Waals surface area contributed by atoms with Crippen molar-refractivity contribution >= 4 is 17.6 Å². The van der Waals surface area contributed by atoms with Gasteiger partial charge in [0.2, 0.25) is 5.91 Å². The van der Waals surface area contributed by atoms with Crippen LogP contribution in [0.2, 0.25) is 0 Å². The Hall–Kier alpha value is -2.84. The number of carbonyl (C=O) groups excluding carboxylic acids is 1. The van der Waals surface area contributed by atoms with Crippen molar-refractivity contribution in [2.24, 2.45) is 0 Å². The van der Waals surface area contributed by atoms with Crippen LogP contribution < -0.4 is 14.8 Å². The number of nitrogens with one attached hydrogen (secondary N) is 1. The molecular weight excluding hydrogens is 284 g/mol. The molecule has 0 saturated carbocycles. The molecule has 0 fully saturated rings. The lowest BCUT2D eigenvalue weighted by Crippen LogP contribution is -2.43. The van der Waals surface area contributed by atoms with Crippen molar-refractivity contribution in [2.45, 2.75) is 13.0 Å². The highest BCUT2D eigenvalue weighted by atomic mass is 16.6. The van der Waals surface area contributed by atoms with Gasteiger partial charge in [0, 0.05) is 6.92 Å². The summed E-state index contributed by atoms with van der Waals surface area (Å²) in [6.45, 7) is 0.716. The predicted molar refractivity (Wildman–Crippen MR) is 70.4 cm³/mol. The van der Waals surface area contributed by atoms with Crippen LogP contribution in [0.3, 0.4) is 0 Å². The van der Waals surface area contributed by atoms with E-state index in [0.717, 1.165) is 13.0 Å². The molecule has 0 aliphatic rings. The fourth-order valence-electron chi connectivity index (χ4n) is 1.48. The molecule has 0 aromatic heterocycles. The van der Waals surface area contributed by atoms with E-state index in [-0.39, 0.29) is 17.2 Å². The second-order valence-electron chi connectivity index (χ2n) is 3.99. The number of methoxy groups -OCH3 is 1. The summed E-state index contributed by atoms with van der Waals surface area (Å²) in [6.07, 6.45) is 0. The number of rotatable bonds is 7. The Labute approximate surface area is 119 Å². The summed E-state index contributed by atoms with van der Waals surface area (Å²) < 4.78 is 9.99. The number of benzene rings is 1. The van der Waals surface area contributed by atoms with Crippen LogP contribution >= 0.6 is 0 Å². The lowest BCUT2D eigenvalue weighted by atomic mass is 10.2. The predicted octanol–water partition coefficient (Wildman–Crippen LogP) is 0.572. The number of ether oxygens (including phenoxy) is 2. The summed E-state index contributed by atoms with van der Waals surface area (Å²) in [5.74, 6) is -1.69. The zero-order valence-electron chi connectivity index (χ0n) is 11.4. The third-order valence-corrected chi connectivity index (χ3v) is 2.44. The van der Waals surface area contributed by atoms with Crippen LogP contribution in [0.1, 0.15) is 6.92 Å². The number of carboxylic acids is 1. The van der Waals surface area contributed by atoms with Crippen LogP contribution in [0, 0.1) is 10.1 Å². The first-order valence-electron chi connectivity index (χ1n) is 5.80. The molecule has 0 heterocycles. The lowest BCUT2D eigenvalue weighted by Gasteiger charge is -2.14. The summed E-state index contributed by atoms with van der Waals surface area (Å²) in [4.78, 5) is 32.1. The van der Waals surface area contributed by atoms with Crippen LogP contribution in [0.15, 0.2) is 18.2 Å². The number of nitro groups is 1. The summed E-state index contributed by atoms with van der Waals surface area (Å²) in [7, 11) is 1.36. The molecule has 1 rings (SSSR count). The zero-order chi connectivity index (χ0) is 16.0. The largest absolute Gasteiger partial charge is 0.496 e. The van der Waals surface area contributed by atoms with Gasteiger partial charge in [-0.25, -0.2) is 4.79 Å². The van der Waals surface area contributed by atoms with E-state index in [2.05, 4.69) is 5.32 Å². The number of nitrogens with zero attached hydrogens (tertiary/aromatic N) is 1. The van der Waals surface area contributed by atoms with Gasteiger partial charge in [-0.3, -0.25) is 14.9 Å². The maximum Gasteiger partial charge on any atom is 0.329 e. The Morgan fingerprint density at radius 1 is 1.48 bits per heavy atom. The highest BCUT2D eigenvalue weighted by molar-refractivity contribution is 5.82. The van der Waals surface area contributed by atoms with E-state index >= 15 is 0 Å². The molecule has 1 atom stereocenters. The summed E-state index contributed by atoms with van der Waals surface area (Å²) in [6, 6.07) is 2.59. The van der Waals surface area contributed by atoms with E-state index in [0.29, 0.717) is 0 Å². The molecule has 1 aromatic carbocycles. The van der Waals surface area contributed by atoms with Crippen LogP contribution in [-0.4, -0.2) is 41.7 Å². The maximum absolute atomic E-state index is 10.9. The van der Waals surface area contributed by atoms with Gasteiger partial charge in [-0.15, -0.1) is 0 Å². The van der Waals surface area contributed by atoms with Gasteiger partial charge in [0.05, 0.1) is 18.1 Å². The second-order valence-corrected chi connectivity index (χ2v) is 3.99. The van der Waals surface area contributed by atoms with Gasteiger partial charge in [0.25, 0.3) is 0 Å². The first-order chi connectivity index (χ1) is 9.85. The molecule has 1 aromatic rings. The molecule has 0 saturated heterocycles. The average Bonchev–Trinajstić information content (AvgIpc) is 2.42. The Morgan fingerprint density at radius 3 is 2.62 bits per heavy atom. The third kappa shape index (κ3) is 4.64. The highest BCUT2D eigenvalue weighted by Crippen LogP contribution is 2.31. The Morgan fingerprint density at radius 2 is 2.14 bits per heavy atom. The van der Waals surface area contributed by atoms with Crippen LogP contribution in [0.25, 0.3) is 0 Å². The van der Waals surface area contributed by atoms with Gasteiger partial charge >= 0.3 is 11.7 Å². The smallest absolute Gasteiger partial charge is 0.329 e. The van der Waals surface area contributed by atoms with Crippen LogP contribution in [0.4, 0.5) is 5.69 Å². The number of aliphatic carboxylic acids is 1. The Balaban J connectivity index is 2.89. The Kier molecular flexibility index (Phi) is 5.47. The third-order valence-electron chi connectivity index (χ3n) is 2.44. The number of carboxylic acid groups (broad SMARTS) is 1. The van der Waals surface area contributed by atoms with Gasteiger partial charge < -0.3 is 19.9 Å². The van der Waals surface area contributed by atoms with Crippen LogP contribution in [-0.2, 0) is 9.59 Å². The number of amides is 1. The first-order valence-corrected chi connectivity index (χ1v) is 5.80. The number of hydrogen-bond donors (Lipinski definition) is 2. The highest BCUT2D eigenvalue weighted by Gasteiger charge is 2.22. The molecule has 0 radical (unpaired) electrons. The SMILES string of the molecule is COc1ccc(OCC(NC(C)=O)C(=O)O)c([N+](=O)[O-])c1. The van der Waals surface area contributed by atoms with Crippen molar-refractivity contribution in [3.63, 3.8) is 0 Å². The number of nitro benzene ring substituents is 1. The van der Waals surface area contributed by atoms with Crippen molar-refractivity contribution < 1.29 is 29.1 Å². The number of carbonyl (C=O) groups is 2. The second kappa shape index (κ2) is 7.08. The fourth-order valence-corrected chi connectivity index (χ4v) is 1.48. The molecule has 9 nitrogen and oxygen atoms in total. The minimum absolute atomic E-state index is 0.114. The van der Waals surface area contributed by atoms with E-state index < -0.39 is 29.4 Å².